The Kier molecular flexibility index (Phi) is 7.91. The van der Waals surface area contributed by atoms with E-state index in [1.807, 2.05) is 20.8 Å². The fourth-order valence-corrected chi connectivity index (χ4v) is 2.98. The first-order valence-electron chi connectivity index (χ1n) is 9.40. The van der Waals surface area contributed by atoms with Crippen molar-refractivity contribution in [2.45, 2.75) is 33.2 Å². The van der Waals surface area contributed by atoms with Crippen molar-refractivity contribution < 1.29 is 19.1 Å². The van der Waals surface area contributed by atoms with Gasteiger partial charge in [-0.1, -0.05) is 31.9 Å². The van der Waals surface area contributed by atoms with Gasteiger partial charge in [0.2, 0.25) is 5.91 Å². The summed E-state index contributed by atoms with van der Waals surface area (Å²) < 4.78 is 10.6. The van der Waals surface area contributed by atoms with Crippen LogP contribution in [0.15, 0.2) is 36.4 Å². The number of carbonyl (C=O) groups excluding carboxylic acids is 2. The highest BCUT2D eigenvalue weighted by Gasteiger charge is 2.27. The van der Waals surface area contributed by atoms with Crippen LogP contribution in [0.1, 0.15) is 36.2 Å². The Morgan fingerprint density at radius 1 is 1.07 bits per heavy atom. The molecule has 29 heavy (non-hydrogen) atoms. The summed E-state index contributed by atoms with van der Waals surface area (Å²) in [5.74, 6) is 0.408. The van der Waals surface area contributed by atoms with Crippen LogP contribution >= 0.6 is 11.6 Å². The Morgan fingerprint density at radius 3 is 2.21 bits per heavy atom. The number of halogens is 1. The lowest BCUT2D eigenvalue weighted by atomic mass is 9.97. The maximum Gasteiger partial charge on any atom is 0.251 e. The molecule has 0 bridgehead atoms. The highest BCUT2D eigenvalue weighted by Crippen LogP contribution is 2.33. The molecule has 0 aliphatic carbocycles. The number of carbonyl (C=O) groups is 2. The lowest BCUT2D eigenvalue weighted by molar-refractivity contribution is -0.119. The molecule has 2 unspecified atom stereocenters. The van der Waals surface area contributed by atoms with Crippen molar-refractivity contribution in [3.8, 4) is 11.5 Å². The second-order valence-electron chi connectivity index (χ2n) is 6.85. The number of nitrogens with one attached hydrogen (secondary N) is 2. The first-order valence-corrected chi connectivity index (χ1v) is 9.78. The molecule has 0 aliphatic rings. The summed E-state index contributed by atoms with van der Waals surface area (Å²) in [5, 5.41) is 6.29. The second-order valence-corrected chi connectivity index (χ2v) is 7.29. The third kappa shape index (κ3) is 5.64. The molecule has 2 atom stereocenters. The van der Waals surface area contributed by atoms with Crippen LogP contribution in [0.3, 0.4) is 0 Å². The van der Waals surface area contributed by atoms with E-state index in [0.717, 1.165) is 12.0 Å². The predicted octanol–water partition coefficient (Wildman–Crippen LogP) is 4.45. The van der Waals surface area contributed by atoms with Crippen molar-refractivity contribution >= 4 is 29.1 Å². The third-order valence-corrected chi connectivity index (χ3v) is 5.13. The maximum atomic E-state index is 13.0. The van der Waals surface area contributed by atoms with E-state index in [0.29, 0.717) is 27.8 Å². The molecule has 2 aromatic rings. The van der Waals surface area contributed by atoms with Gasteiger partial charge in [-0.2, -0.15) is 0 Å². The molecule has 2 N–H and O–H groups in total. The normalized spacial score (nSPS) is 12.6. The maximum absolute atomic E-state index is 13.0. The van der Waals surface area contributed by atoms with Crippen LogP contribution in [-0.4, -0.2) is 32.1 Å². The monoisotopic (exact) mass is 418 g/mol. The van der Waals surface area contributed by atoms with E-state index in [2.05, 4.69) is 10.6 Å². The smallest absolute Gasteiger partial charge is 0.251 e. The van der Waals surface area contributed by atoms with Gasteiger partial charge in [-0.05, 0) is 48.7 Å². The number of aryl methyl sites for hydroxylation is 1. The minimum absolute atomic E-state index is 0.0632. The summed E-state index contributed by atoms with van der Waals surface area (Å²) in [6, 6.07) is 9.34. The van der Waals surface area contributed by atoms with Gasteiger partial charge in [-0.15, -0.1) is 0 Å². The summed E-state index contributed by atoms with van der Waals surface area (Å²) in [7, 11) is 3.09. The van der Waals surface area contributed by atoms with E-state index in [4.69, 9.17) is 21.1 Å². The zero-order valence-electron chi connectivity index (χ0n) is 17.3. The number of rotatable bonds is 8. The fraction of sp³-hybridized carbons (Fsp3) is 0.364. The Morgan fingerprint density at radius 2 is 1.66 bits per heavy atom. The van der Waals surface area contributed by atoms with Crippen molar-refractivity contribution in [3.63, 3.8) is 0 Å². The number of anilines is 1. The van der Waals surface area contributed by atoms with Gasteiger partial charge in [0.05, 0.1) is 14.2 Å². The highest BCUT2D eigenvalue weighted by atomic mass is 35.5. The second kappa shape index (κ2) is 10.2. The fourth-order valence-electron chi connectivity index (χ4n) is 2.85. The molecular weight excluding hydrogens is 392 g/mol. The molecule has 2 rings (SSSR count). The summed E-state index contributed by atoms with van der Waals surface area (Å²) in [4.78, 5) is 25.6. The Labute approximate surface area is 176 Å². The van der Waals surface area contributed by atoms with E-state index in [1.54, 1.807) is 43.5 Å². The average Bonchev–Trinajstić information content (AvgIpc) is 2.72. The van der Waals surface area contributed by atoms with E-state index in [-0.39, 0.29) is 17.7 Å². The molecule has 0 saturated heterocycles. The quantitative estimate of drug-likeness (QED) is 0.664. The summed E-state index contributed by atoms with van der Waals surface area (Å²) in [5.41, 5.74) is 1.86. The van der Waals surface area contributed by atoms with Gasteiger partial charge < -0.3 is 20.1 Å². The lowest BCUT2D eigenvalue weighted by Crippen LogP contribution is -2.47. The number of ether oxygens (including phenoxy) is 2. The first kappa shape index (κ1) is 22.6. The number of hydrogen-bond donors (Lipinski definition) is 2. The van der Waals surface area contributed by atoms with Crippen molar-refractivity contribution in [2.24, 2.45) is 5.92 Å². The average molecular weight is 419 g/mol. The van der Waals surface area contributed by atoms with Crippen LogP contribution in [0, 0.1) is 12.8 Å². The van der Waals surface area contributed by atoms with Gasteiger partial charge in [0.25, 0.3) is 5.91 Å². The molecule has 0 aliphatic heterocycles. The largest absolute Gasteiger partial charge is 0.493 e. The third-order valence-electron chi connectivity index (χ3n) is 4.88. The molecule has 0 fully saturated rings. The van der Waals surface area contributed by atoms with E-state index < -0.39 is 6.04 Å². The molecule has 0 spiro atoms. The van der Waals surface area contributed by atoms with Crippen molar-refractivity contribution in [2.75, 3.05) is 19.5 Å². The Hall–Kier alpha value is -2.73. The van der Waals surface area contributed by atoms with Gasteiger partial charge in [-0.3, -0.25) is 9.59 Å². The van der Waals surface area contributed by atoms with Crippen molar-refractivity contribution in [3.05, 3.63) is 52.5 Å². The molecule has 7 heteroatoms. The minimum atomic E-state index is -0.698. The highest BCUT2D eigenvalue weighted by molar-refractivity contribution is 6.30. The van der Waals surface area contributed by atoms with Crippen LogP contribution in [-0.2, 0) is 4.79 Å². The number of benzene rings is 2. The predicted molar refractivity (Wildman–Crippen MR) is 115 cm³/mol. The molecule has 6 nitrogen and oxygen atoms in total. The Balaban J connectivity index is 2.23. The summed E-state index contributed by atoms with van der Waals surface area (Å²) in [6.45, 7) is 5.76. The molecular formula is C22H27ClN2O4. The van der Waals surface area contributed by atoms with Crippen LogP contribution < -0.4 is 20.1 Å². The van der Waals surface area contributed by atoms with E-state index in [9.17, 15) is 9.59 Å². The molecule has 156 valence electrons. The van der Waals surface area contributed by atoms with Crippen molar-refractivity contribution in [1.82, 2.24) is 5.32 Å². The topological polar surface area (TPSA) is 76.7 Å². The van der Waals surface area contributed by atoms with E-state index in [1.165, 1.54) is 7.11 Å². The molecule has 2 amide bonds. The zero-order valence-corrected chi connectivity index (χ0v) is 18.1. The summed E-state index contributed by atoms with van der Waals surface area (Å²) >= 11 is 5.88. The number of hydrogen-bond acceptors (Lipinski definition) is 4. The van der Waals surface area contributed by atoms with Crippen LogP contribution in [0.2, 0.25) is 5.02 Å². The standard InChI is InChI=1S/C22H27ClN2O4/c1-6-13(2)20(25-21(26)15-7-9-16(23)10-8-15)22(27)24-17-12-19(29-5)18(28-4)11-14(17)3/h7-13,20H,6H2,1-5H3,(H,24,27)(H,25,26). The molecule has 0 heterocycles. The van der Waals surface area contributed by atoms with Crippen LogP contribution in [0.4, 0.5) is 5.69 Å². The van der Waals surface area contributed by atoms with Gasteiger partial charge in [0, 0.05) is 22.3 Å². The van der Waals surface area contributed by atoms with Gasteiger partial charge in [0.15, 0.2) is 11.5 Å². The Bertz CT molecular complexity index is 868. The first-order chi connectivity index (χ1) is 13.8. The molecule has 0 saturated carbocycles. The van der Waals surface area contributed by atoms with Crippen LogP contribution in [0.25, 0.3) is 0 Å². The zero-order chi connectivity index (χ0) is 21.6. The lowest BCUT2D eigenvalue weighted by Gasteiger charge is -2.24. The van der Waals surface area contributed by atoms with Crippen LogP contribution in [0.5, 0.6) is 11.5 Å². The molecule has 0 aromatic heterocycles. The molecule has 2 aromatic carbocycles. The van der Waals surface area contributed by atoms with Crippen molar-refractivity contribution in [1.29, 1.82) is 0 Å². The molecule has 0 radical (unpaired) electrons. The van der Waals surface area contributed by atoms with E-state index >= 15 is 0 Å². The minimum Gasteiger partial charge on any atom is -0.493 e. The van der Waals surface area contributed by atoms with Gasteiger partial charge >= 0.3 is 0 Å². The van der Waals surface area contributed by atoms with Gasteiger partial charge in [-0.25, -0.2) is 0 Å². The number of amides is 2. The van der Waals surface area contributed by atoms with Gasteiger partial charge in [0.1, 0.15) is 6.04 Å². The SMILES string of the molecule is CCC(C)C(NC(=O)c1ccc(Cl)cc1)C(=O)Nc1cc(OC)c(OC)cc1C. The number of methoxy groups -OCH3 is 2. The summed E-state index contributed by atoms with van der Waals surface area (Å²) in [6.07, 6.45) is 0.726.